The Hall–Kier alpha value is -0.570. The Morgan fingerprint density at radius 1 is 1.31 bits per heavy atom. The molecule has 3 nitrogen and oxygen atoms in total. The summed E-state index contributed by atoms with van der Waals surface area (Å²) in [6.07, 6.45) is 5.50. The molecule has 16 heavy (non-hydrogen) atoms. The van der Waals surface area contributed by atoms with E-state index in [1.807, 2.05) is 13.8 Å². The normalized spacial score (nSPS) is 23.7. The number of hydrogen-bond donors (Lipinski definition) is 2. The largest absolute Gasteiger partial charge is 0.481 e. The van der Waals surface area contributed by atoms with E-state index in [1.165, 1.54) is 6.42 Å². The van der Waals surface area contributed by atoms with Gasteiger partial charge in [-0.3, -0.25) is 4.79 Å². The van der Waals surface area contributed by atoms with Crippen LogP contribution in [0.1, 0.15) is 52.4 Å². The van der Waals surface area contributed by atoms with Gasteiger partial charge < -0.3 is 10.2 Å². The van der Waals surface area contributed by atoms with Gasteiger partial charge in [-0.15, -0.1) is 0 Å². The van der Waals surface area contributed by atoms with Gasteiger partial charge in [0.1, 0.15) is 0 Å². The van der Waals surface area contributed by atoms with E-state index < -0.39 is 18.0 Å². The second-order valence-corrected chi connectivity index (χ2v) is 5.14. The smallest absolute Gasteiger partial charge is 0.309 e. The molecule has 3 heteroatoms. The van der Waals surface area contributed by atoms with Crippen LogP contribution in [0.4, 0.5) is 0 Å². The molecule has 0 amide bonds. The molecule has 2 N–H and O–H groups in total. The van der Waals surface area contributed by atoms with Crippen molar-refractivity contribution in [2.75, 3.05) is 0 Å². The van der Waals surface area contributed by atoms with Crippen LogP contribution in [0.15, 0.2) is 0 Å². The fourth-order valence-electron chi connectivity index (χ4n) is 2.72. The summed E-state index contributed by atoms with van der Waals surface area (Å²) in [7, 11) is 0. The first-order chi connectivity index (χ1) is 7.57. The van der Waals surface area contributed by atoms with Crippen molar-refractivity contribution >= 4 is 5.97 Å². The first-order valence-corrected chi connectivity index (χ1v) is 6.48. The lowest BCUT2D eigenvalue weighted by atomic mass is 9.74. The first-order valence-electron chi connectivity index (χ1n) is 6.48. The van der Waals surface area contributed by atoms with Gasteiger partial charge in [0.15, 0.2) is 0 Å². The zero-order chi connectivity index (χ0) is 12.1. The maximum absolute atomic E-state index is 11.3. The summed E-state index contributed by atoms with van der Waals surface area (Å²) >= 11 is 0. The van der Waals surface area contributed by atoms with Crippen molar-refractivity contribution in [2.45, 2.75) is 58.5 Å². The summed E-state index contributed by atoms with van der Waals surface area (Å²) in [4.78, 5) is 11.3. The van der Waals surface area contributed by atoms with Crippen LogP contribution in [0.25, 0.3) is 0 Å². The highest BCUT2D eigenvalue weighted by molar-refractivity contribution is 5.71. The predicted octanol–water partition coefficient (Wildman–Crippen LogP) is 2.67. The van der Waals surface area contributed by atoms with E-state index in [9.17, 15) is 15.0 Å². The Labute approximate surface area is 97.9 Å². The van der Waals surface area contributed by atoms with Crippen molar-refractivity contribution in [3.8, 4) is 0 Å². The zero-order valence-corrected chi connectivity index (χ0v) is 10.4. The highest BCUT2D eigenvalue weighted by Crippen LogP contribution is 2.34. The Bertz CT molecular complexity index is 219. The maximum atomic E-state index is 11.3. The molecule has 0 aromatic carbocycles. The van der Waals surface area contributed by atoms with Gasteiger partial charge in [-0.1, -0.05) is 39.5 Å². The quantitative estimate of drug-likeness (QED) is 0.760. The standard InChI is InChI=1S/C13H24O3/c1-3-9(2)12(14)11(13(15)16)10-7-5-4-6-8-10/h9-12,14H,3-8H2,1-2H3,(H,15,16)/t9-,11-,12+/m1/s1. The summed E-state index contributed by atoms with van der Waals surface area (Å²) in [5, 5.41) is 19.4. The summed E-state index contributed by atoms with van der Waals surface area (Å²) in [5.74, 6) is -1.13. The molecule has 0 aromatic rings. The third-order valence-electron chi connectivity index (χ3n) is 4.04. The Morgan fingerprint density at radius 3 is 2.31 bits per heavy atom. The lowest BCUT2D eigenvalue weighted by Crippen LogP contribution is -2.39. The van der Waals surface area contributed by atoms with Gasteiger partial charge in [-0.05, 0) is 24.7 Å². The monoisotopic (exact) mass is 228 g/mol. The number of carboxylic acids is 1. The molecule has 0 bridgehead atoms. The summed E-state index contributed by atoms with van der Waals surface area (Å²) in [5.41, 5.74) is 0. The van der Waals surface area contributed by atoms with Crippen molar-refractivity contribution in [3.63, 3.8) is 0 Å². The molecular formula is C13H24O3. The van der Waals surface area contributed by atoms with E-state index in [1.54, 1.807) is 0 Å². The predicted molar refractivity (Wildman–Crippen MR) is 63.2 cm³/mol. The van der Waals surface area contributed by atoms with Crippen LogP contribution in [0.3, 0.4) is 0 Å². The minimum atomic E-state index is -0.820. The molecule has 0 aliphatic heterocycles. The highest BCUT2D eigenvalue weighted by Gasteiger charge is 2.37. The third-order valence-corrected chi connectivity index (χ3v) is 4.04. The lowest BCUT2D eigenvalue weighted by molar-refractivity contribution is -0.151. The number of carbonyl (C=O) groups is 1. The molecule has 1 saturated carbocycles. The van der Waals surface area contributed by atoms with Crippen LogP contribution < -0.4 is 0 Å². The molecule has 0 aromatic heterocycles. The van der Waals surface area contributed by atoms with E-state index in [4.69, 9.17) is 0 Å². The van der Waals surface area contributed by atoms with Crippen LogP contribution in [0.2, 0.25) is 0 Å². The third kappa shape index (κ3) is 3.21. The number of carboxylic acid groups (broad SMARTS) is 1. The van der Waals surface area contributed by atoms with Crippen molar-refractivity contribution in [2.24, 2.45) is 17.8 Å². The van der Waals surface area contributed by atoms with E-state index in [2.05, 4.69) is 0 Å². The van der Waals surface area contributed by atoms with Crippen molar-refractivity contribution < 1.29 is 15.0 Å². The molecule has 1 fully saturated rings. The fraction of sp³-hybridized carbons (Fsp3) is 0.923. The number of aliphatic hydroxyl groups is 1. The molecule has 1 aliphatic rings. The second kappa shape index (κ2) is 6.24. The van der Waals surface area contributed by atoms with Gasteiger partial charge in [0.2, 0.25) is 0 Å². The molecule has 94 valence electrons. The average molecular weight is 228 g/mol. The van der Waals surface area contributed by atoms with Gasteiger partial charge in [-0.25, -0.2) is 0 Å². The van der Waals surface area contributed by atoms with E-state index >= 15 is 0 Å². The van der Waals surface area contributed by atoms with Crippen LogP contribution in [-0.2, 0) is 4.79 Å². The zero-order valence-electron chi connectivity index (χ0n) is 10.4. The molecule has 0 radical (unpaired) electrons. The summed E-state index contributed by atoms with van der Waals surface area (Å²) in [6.45, 7) is 3.93. The van der Waals surface area contributed by atoms with Crippen LogP contribution in [-0.4, -0.2) is 22.3 Å². The topological polar surface area (TPSA) is 57.5 Å². The average Bonchev–Trinajstić information content (AvgIpc) is 2.29. The van der Waals surface area contributed by atoms with Crippen LogP contribution in [0, 0.1) is 17.8 Å². The minimum absolute atomic E-state index is 0.0722. The molecule has 0 heterocycles. The second-order valence-electron chi connectivity index (χ2n) is 5.14. The Kier molecular flexibility index (Phi) is 5.26. The van der Waals surface area contributed by atoms with Crippen molar-refractivity contribution in [1.29, 1.82) is 0 Å². The number of rotatable bonds is 5. The van der Waals surface area contributed by atoms with Crippen LogP contribution >= 0.6 is 0 Å². The first kappa shape index (κ1) is 13.5. The molecular weight excluding hydrogens is 204 g/mol. The van der Waals surface area contributed by atoms with Gasteiger partial charge in [-0.2, -0.15) is 0 Å². The molecule has 0 unspecified atom stereocenters. The molecule has 0 saturated heterocycles. The number of hydrogen-bond acceptors (Lipinski definition) is 2. The molecule has 0 spiro atoms. The van der Waals surface area contributed by atoms with Gasteiger partial charge in [0.25, 0.3) is 0 Å². The summed E-state index contributed by atoms with van der Waals surface area (Å²) in [6, 6.07) is 0. The summed E-state index contributed by atoms with van der Waals surface area (Å²) < 4.78 is 0. The maximum Gasteiger partial charge on any atom is 0.309 e. The van der Waals surface area contributed by atoms with E-state index in [-0.39, 0.29) is 11.8 Å². The van der Waals surface area contributed by atoms with Gasteiger partial charge in [0.05, 0.1) is 12.0 Å². The molecule has 1 aliphatic carbocycles. The number of aliphatic carboxylic acids is 1. The van der Waals surface area contributed by atoms with E-state index in [0.717, 1.165) is 32.1 Å². The SMILES string of the molecule is CC[C@@H](C)[C@H](O)[C@H](C(=O)O)C1CCCCC1. The fourth-order valence-corrected chi connectivity index (χ4v) is 2.72. The van der Waals surface area contributed by atoms with Crippen molar-refractivity contribution in [3.05, 3.63) is 0 Å². The van der Waals surface area contributed by atoms with Crippen molar-refractivity contribution in [1.82, 2.24) is 0 Å². The van der Waals surface area contributed by atoms with E-state index in [0.29, 0.717) is 0 Å². The number of aliphatic hydroxyl groups excluding tert-OH is 1. The highest BCUT2D eigenvalue weighted by atomic mass is 16.4. The Balaban J connectivity index is 2.68. The van der Waals surface area contributed by atoms with Gasteiger partial charge >= 0.3 is 5.97 Å². The Morgan fingerprint density at radius 2 is 1.88 bits per heavy atom. The van der Waals surface area contributed by atoms with Gasteiger partial charge in [0, 0.05) is 0 Å². The minimum Gasteiger partial charge on any atom is -0.481 e. The molecule has 3 atom stereocenters. The van der Waals surface area contributed by atoms with Crippen LogP contribution in [0.5, 0.6) is 0 Å². The lowest BCUT2D eigenvalue weighted by Gasteiger charge is -2.33. The molecule has 1 rings (SSSR count).